The van der Waals surface area contributed by atoms with Gasteiger partial charge in [-0.25, -0.2) is 14.6 Å². The number of benzene rings is 3. The second-order valence-electron chi connectivity index (χ2n) is 11.1. The zero-order chi connectivity index (χ0) is 30.9. The van der Waals surface area contributed by atoms with Crippen LogP contribution in [0.15, 0.2) is 103 Å². The van der Waals surface area contributed by atoms with Crippen LogP contribution in [0.5, 0.6) is 0 Å². The average Bonchev–Trinajstić information content (AvgIpc) is 3.87. The molecular formula is C36H30N2O5S2. The fourth-order valence-corrected chi connectivity index (χ4v) is 7.36. The quantitative estimate of drug-likeness (QED) is 0.156. The van der Waals surface area contributed by atoms with Crippen molar-refractivity contribution in [3.63, 3.8) is 0 Å². The summed E-state index contributed by atoms with van der Waals surface area (Å²) in [6, 6.07) is 29.0. The first kappa shape index (κ1) is 29.2. The number of imidazole rings is 1. The van der Waals surface area contributed by atoms with E-state index in [9.17, 15) is 9.59 Å². The summed E-state index contributed by atoms with van der Waals surface area (Å²) in [6.45, 7) is 3.86. The summed E-state index contributed by atoms with van der Waals surface area (Å²) in [5.41, 5.74) is 5.82. The maximum absolute atomic E-state index is 13.1. The zero-order valence-electron chi connectivity index (χ0n) is 24.7. The molecule has 7 nitrogen and oxygen atoms in total. The van der Waals surface area contributed by atoms with Gasteiger partial charge in [-0.05, 0) is 67.8 Å². The van der Waals surface area contributed by atoms with Crippen molar-refractivity contribution in [3.05, 3.63) is 125 Å². The molecule has 6 aromatic rings. The SMILES string of the molecule is Cc1ccc(C(=O)OC[C@H]2O[C@@H](n3cnc4c(-c5ccc(-c6cccs6)s5)cccc43)C[C@@H]2OC(=O)c2ccc(C)cc2)cc1. The number of aryl methyl sites for hydroxylation is 2. The molecule has 0 amide bonds. The second kappa shape index (κ2) is 12.4. The summed E-state index contributed by atoms with van der Waals surface area (Å²) in [7, 11) is 0. The molecule has 3 atom stereocenters. The van der Waals surface area contributed by atoms with Gasteiger partial charge in [-0.3, -0.25) is 0 Å². The smallest absolute Gasteiger partial charge is 0.338 e. The van der Waals surface area contributed by atoms with Crippen LogP contribution in [0.25, 0.3) is 31.2 Å². The van der Waals surface area contributed by atoms with Gasteiger partial charge in [0.25, 0.3) is 0 Å². The van der Waals surface area contributed by atoms with Crippen LogP contribution in [0.1, 0.15) is 44.5 Å². The first-order valence-corrected chi connectivity index (χ1v) is 16.4. The molecule has 4 heterocycles. The van der Waals surface area contributed by atoms with E-state index < -0.39 is 30.4 Å². The number of hydrogen-bond acceptors (Lipinski definition) is 8. The highest BCUT2D eigenvalue weighted by molar-refractivity contribution is 7.23. The summed E-state index contributed by atoms with van der Waals surface area (Å²) in [4.78, 5) is 34.4. The lowest BCUT2D eigenvalue weighted by molar-refractivity contribution is -0.0562. The largest absolute Gasteiger partial charge is 0.459 e. The van der Waals surface area contributed by atoms with Crippen molar-refractivity contribution >= 4 is 45.6 Å². The number of aromatic nitrogens is 2. The second-order valence-corrected chi connectivity index (χ2v) is 13.1. The highest BCUT2D eigenvalue weighted by Gasteiger charge is 2.40. The predicted molar refractivity (Wildman–Crippen MR) is 177 cm³/mol. The molecule has 45 heavy (non-hydrogen) atoms. The van der Waals surface area contributed by atoms with Gasteiger partial charge < -0.3 is 18.8 Å². The average molecular weight is 635 g/mol. The Morgan fingerprint density at radius 2 is 1.56 bits per heavy atom. The third-order valence-electron chi connectivity index (χ3n) is 7.94. The van der Waals surface area contributed by atoms with Crippen molar-refractivity contribution in [1.82, 2.24) is 9.55 Å². The van der Waals surface area contributed by atoms with E-state index in [-0.39, 0.29) is 6.61 Å². The van der Waals surface area contributed by atoms with E-state index in [1.165, 1.54) is 9.75 Å². The first-order valence-electron chi connectivity index (χ1n) is 14.7. The number of fused-ring (bicyclic) bond motifs is 1. The third kappa shape index (κ3) is 6.07. The Balaban J connectivity index is 1.14. The minimum absolute atomic E-state index is 0.0619. The molecule has 0 radical (unpaired) electrons. The molecule has 0 bridgehead atoms. The predicted octanol–water partition coefficient (Wildman–Crippen LogP) is 8.48. The molecule has 9 heteroatoms. The van der Waals surface area contributed by atoms with Crippen LogP contribution >= 0.6 is 22.7 Å². The Bertz CT molecular complexity index is 1960. The number of hydrogen-bond donors (Lipinski definition) is 0. The minimum Gasteiger partial charge on any atom is -0.459 e. The Hall–Kier alpha value is -4.57. The van der Waals surface area contributed by atoms with Crippen LogP contribution in [0, 0.1) is 13.8 Å². The van der Waals surface area contributed by atoms with Gasteiger partial charge in [0.15, 0.2) is 0 Å². The fraction of sp³-hybridized carbons (Fsp3) is 0.194. The number of carbonyl (C=O) groups excluding carboxylic acids is 2. The summed E-state index contributed by atoms with van der Waals surface area (Å²) in [6.07, 6.45) is 0.369. The molecule has 0 spiro atoms. The van der Waals surface area contributed by atoms with E-state index in [1.807, 2.05) is 54.8 Å². The number of thiophene rings is 2. The van der Waals surface area contributed by atoms with Gasteiger partial charge >= 0.3 is 11.9 Å². The van der Waals surface area contributed by atoms with Crippen molar-refractivity contribution in [2.45, 2.75) is 38.7 Å². The number of nitrogens with zero attached hydrogens (tertiary/aromatic N) is 2. The number of rotatable bonds is 8. The van der Waals surface area contributed by atoms with Gasteiger partial charge in [-0.2, -0.15) is 0 Å². The monoisotopic (exact) mass is 634 g/mol. The van der Waals surface area contributed by atoms with Crippen molar-refractivity contribution in [2.24, 2.45) is 0 Å². The number of para-hydroxylation sites is 1. The Morgan fingerprint density at radius 1 is 0.844 bits per heavy atom. The highest BCUT2D eigenvalue weighted by atomic mass is 32.1. The molecule has 3 aromatic heterocycles. The lowest BCUT2D eigenvalue weighted by atomic mass is 10.1. The lowest BCUT2D eigenvalue weighted by Gasteiger charge is -2.19. The van der Waals surface area contributed by atoms with Gasteiger partial charge in [0.05, 0.1) is 28.5 Å². The Kier molecular flexibility index (Phi) is 8.06. The van der Waals surface area contributed by atoms with E-state index in [0.717, 1.165) is 32.6 Å². The van der Waals surface area contributed by atoms with Gasteiger partial charge in [0.1, 0.15) is 25.0 Å². The molecule has 0 saturated carbocycles. The molecule has 7 rings (SSSR count). The molecule has 3 aromatic carbocycles. The normalized spacial score (nSPS) is 17.9. The van der Waals surface area contributed by atoms with E-state index in [4.69, 9.17) is 19.2 Å². The Morgan fingerprint density at radius 3 is 2.27 bits per heavy atom. The summed E-state index contributed by atoms with van der Waals surface area (Å²) in [5.74, 6) is -0.905. The molecule has 0 aliphatic carbocycles. The molecular weight excluding hydrogens is 605 g/mol. The molecule has 1 fully saturated rings. The Labute approximate surface area is 268 Å². The first-order chi connectivity index (χ1) is 21.9. The van der Waals surface area contributed by atoms with Crippen LogP contribution in [-0.4, -0.2) is 40.3 Å². The summed E-state index contributed by atoms with van der Waals surface area (Å²) >= 11 is 3.46. The van der Waals surface area contributed by atoms with E-state index >= 15 is 0 Å². The van der Waals surface area contributed by atoms with Crippen LogP contribution in [0.3, 0.4) is 0 Å². The van der Waals surface area contributed by atoms with Gasteiger partial charge in [-0.1, -0.05) is 53.6 Å². The maximum atomic E-state index is 13.1. The van der Waals surface area contributed by atoms with E-state index in [2.05, 4.69) is 35.7 Å². The van der Waals surface area contributed by atoms with Gasteiger partial charge in [0, 0.05) is 26.6 Å². The van der Waals surface area contributed by atoms with Gasteiger partial charge in [-0.15, -0.1) is 22.7 Å². The lowest BCUT2D eigenvalue weighted by Crippen LogP contribution is -2.32. The molecule has 1 aliphatic rings. The number of esters is 2. The molecule has 0 unspecified atom stereocenters. The third-order valence-corrected chi connectivity index (χ3v) is 10.1. The topological polar surface area (TPSA) is 79.7 Å². The zero-order valence-corrected chi connectivity index (χ0v) is 26.3. The molecule has 1 saturated heterocycles. The van der Waals surface area contributed by atoms with Crippen LogP contribution in [-0.2, 0) is 14.2 Å². The number of ether oxygens (including phenoxy) is 3. The van der Waals surface area contributed by atoms with E-state index in [1.54, 1.807) is 53.3 Å². The van der Waals surface area contributed by atoms with Crippen molar-refractivity contribution in [1.29, 1.82) is 0 Å². The molecule has 0 N–H and O–H groups in total. The minimum atomic E-state index is -0.662. The standard InChI is InChI=1S/C36H30N2O5S2/c1-22-8-12-24(13-9-22)35(39)41-20-29-28(43-36(40)25-14-10-23(2)11-15-25)19-33(42-29)38-21-37-34-26(5-3-6-27(34)38)30-16-17-32(45-30)31-7-4-18-44-31/h3-18,21,28-29,33H,19-20H2,1-2H3/t28-,29+,33+/m0/s1. The maximum Gasteiger partial charge on any atom is 0.338 e. The van der Waals surface area contributed by atoms with Crippen molar-refractivity contribution in [3.8, 4) is 20.2 Å². The molecule has 1 aliphatic heterocycles. The summed E-state index contributed by atoms with van der Waals surface area (Å²) < 4.78 is 20.1. The molecule has 226 valence electrons. The van der Waals surface area contributed by atoms with Crippen molar-refractivity contribution < 1.29 is 23.8 Å². The highest BCUT2D eigenvalue weighted by Crippen LogP contribution is 2.40. The van der Waals surface area contributed by atoms with Crippen LogP contribution < -0.4 is 0 Å². The summed E-state index contributed by atoms with van der Waals surface area (Å²) in [5, 5.41) is 2.08. The van der Waals surface area contributed by atoms with Gasteiger partial charge in [0.2, 0.25) is 0 Å². The number of carbonyl (C=O) groups is 2. The fourth-order valence-electron chi connectivity index (χ4n) is 5.49. The van der Waals surface area contributed by atoms with Crippen LogP contribution in [0.4, 0.5) is 0 Å². The van der Waals surface area contributed by atoms with E-state index in [0.29, 0.717) is 17.5 Å². The van der Waals surface area contributed by atoms with Crippen molar-refractivity contribution in [2.75, 3.05) is 6.61 Å². The van der Waals surface area contributed by atoms with Crippen LogP contribution in [0.2, 0.25) is 0 Å².